The third-order valence-electron chi connectivity index (χ3n) is 3.92. The molecule has 0 unspecified atom stereocenters. The fourth-order valence-corrected chi connectivity index (χ4v) is 3.03. The van der Waals surface area contributed by atoms with Gasteiger partial charge in [0.25, 0.3) is 5.91 Å². The van der Waals surface area contributed by atoms with Gasteiger partial charge in [-0.2, -0.15) is 5.10 Å². The number of para-hydroxylation sites is 1. The molecule has 3 aromatic rings. The van der Waals surface area contributed by atoms with Gasteiger partial charge in [-0.3, -0.25) is 9.89 Å². The number of fused-ring (bicyclic) bond motifs is 2. The van der Waals surface area contributed by atoms with Crippen molar-refractivity contribution in [3.63, 3.8) is 0 Å². The largest absolute Gasteiger partial charge is 0.349 e. The Balaban J connectivity index is 1.66. The van der Waals surface area contributed by atoms with Crippen molar-refractivity contribution < 1.29 is 4.79 Å². The maximum absolute atomic E-state index is 12.6. The van der Waals surface area contributed by atoms with Gasteiger partial charge in [-0.15, -0.1) is 0 Å². The summed E-state index contributed by atoms with van der Waals surface area (Å²) in [7, 11) is 0. The Bertz CT molecular complexity index is 835. The highest BCUT2D eigenvalue weighted by Crippen LogP contribution is 2.25. The lowest BCUT2D eigenvalue weighted by Gasteiger charge is -2.26. The Morgan fingerprint density at radius 3 is 3.14 bits per heavy atom. The highest BCUT2D eigenvalue weighted by Gasteiger charge is 2.24. The zero-order valence-corrected chi connectivity index (χ0v) is 11.9. The molecule has 1 amide bonds. The molecule has 0 radical (unpaired) electrons. The van der Waals surface area contributed by atoms with Crippen molar-refractivity contribution in [3.05, 3.63) is 52.4 Å². The van der Waals surface area contributed by atoms with Crippen LogP contribution in [0.5, 0.6) is 0 Å². The van der Waals surface area contributed by atoms with Crippen LogP contribution >= 0.6 is 11.6 Å². The normalized spacial score (nSPS) is 14.4. The van der Waals surface area contributed by atoms with Crippen LogP contribution in [0.15, 0.2) is 30.5 Å². The second kappa shape index (κ2) is 4.63. The first-order valence-electron chi connectivity index (χ1n) is 6.80. The number of amides is 1. The van der Waals surface area contributed by atoms with E-state index in [0.717, 1.165) is 28.6 Å². The lowest BCUT2D eigenvalue weighted by molar-refractivity contribution is 0.0729. The summed E-state index contributed by atoms with van der Waals surface area (Å²) in [5.74, 6) is -0.00545. The number of H-pyrrole nitrogens is 2. The van der Waals surface area contributed by atoms with Crippen molar-refractivity contribution >= 4 is 28.4 Å². The first-order valence-corrected chi connectivity index (χ1v) is 7.18. The molecule has 106 valence electrons. The first kappa shape index (κ1) is 12.5. The molecule has 1 aliphatic rings. The van der Waals surface area contributed by atoms with Gasteiger partial charge < -0.3 is 9.88 Å². The molecule has 1 aliphatic heterocycles. The number of nitrogens with zero attached hydrogens (tertiary/aromatic N) is 2. The van der Waals surface area contributed by atoms with Gasteiger partial charge >= 0.3 is 0 Å². The molecule has 0 fully saturated rings. The highest BCUT2D eigenvalue weighted by molar-refractivity contribution is 6.35. The maximum atomic E-state index is 12.6. The molecular formula is C15H13ClN4O. The number of nitrogens with one attached hydrogen (secondary N) is 2. The minimum Gasteiger partial charge on any atom is -0.349 e. The quantitative estimate of drug-likeness (QED) is 0.726. The van der Waals surface area contributed by atoms with Gasteiger partial charge in [-0.05, 0) is 12.1 Å². The van der Waals surface area contributed by atoms with E-state index in [4.69, 9.17) is 11.6 Å². The Kier molecular flexibility index (Phi) is 2.75. The summed E-state index contributed by atoms with van der Waals surface area (Å²) in [5, 5.41) is 8.58. The topological polar surface area (TPSA) is 64.8 Å². The number of aromatic amines is 2. The van der Waals surface area contributed by atoms with Crippen LogP contribution in [-0.4, -0.2) is 32.5 Å². The number of carbonyl (C=O) groups excluding carboxylic acids is 1. The molecule has 3 heterocycles. The monoisotopic (exact) mass is 300 g/mol. The molecule has 6 heteroatoms. The molecule has 0 spiro atoms. The summed E-state index contributed by atoms with van der Waals surface area (Å²) in [5.41, 5.74) is 3.59. The molecule has 0 atom stereocenters. The number of aromatic nitrogens is 3. The van der Waals surface area contributed by atoms with Crippen LogP contribution in [0.3, 0.4) is 0 Å². The van der Waals surface area contributed by atoms with Gasteiger partial charge in [-0.25, -0.2) is 0 Å². The maximum Gasteiger partial charge on any atom is 0.270 e. The fraction of sp³-hybridized carbons (Fsp3) is 0.200. The number of hydrogen-bond acceptors (Lipinski definition) is 2. The molecular weight excluding hydrogens is 288 g/mol. The minimum absolute atomic E-state index is 0.00545. The predicted molar refractivity (Wildman–Crippen MR) is 80.3 cm³/mol. The predicted octanol–water partition coefficient (Wildman–Crippen LogP) is 2.74. The lowest BCUT2D eigenvalue weighted by Crippen LogP contribution is -2.35. The third-order valence-corrected chi connectivity index (χ3v) is 4.24. The van der Waals surface area contributed by atoms with Gasteiger partial charge in [0.05, 0.1) is 16.7 Å². The van der Waals surface area contributed by atoms with Crippen molar-refractivity contribution in [2.75, 3.05) is 6.54 Å². The van der Waals surface area contributed by atoms with E-state index in [1.54, 1.807) is 6.20 Å². The van der Waals surface area contributed by atoms with Gasteiger partial charge in [0.15, 0.2) is 0 Å². The van der Waals surface area contributed by atoms with Gasteiger partial charge in [0.1, 0.15) is 5.69 Å². The highest BCUT2D eigenvalue weighted by atomic mass is 35.5. The molecule has 1 aromatic carbocycles. The van der Waals surface area contributed by atoms with Gasteiger partial charge in [0.2, 0.25) is 0 Å². The Hall–Kier alpha value is -2.27. The molecule has 0 bridgehead atoms. The van der Waals surface area contributed by atoms with Crippen LogP contribution in [0, 0.1) is 0 Å². The van der Waals surface area contributed by atoms with E-state index in [0.29, 0.717) is 23.8 Å². The second-order valence-corrected chi connectivity index (χ2v) is 5.64. The van der Waals surface area contributed by atoms with Crippen LogP contribution in [0.1, 0.15) is 21.7 Å². The summed E-state index contributed by atoms with van der Waals surface area (Å²) in [6.07, 6.45) is 2.60. The van der Waals surface area contributed by atoms with Crippen molar-refractivity contribution in [1.82, 2.24) is 20.1 Å². The lowest BCUT2D eigenvalue weighted by atomic mass is 10.1. The molecule has 2 N–H and O–H groups in total. The fourth-order valence-electron chi connectivity index (χ4n) is 2.80. The van der Waals surface area contributed by atoms with E-state index < -0.39 is 0 Å². The van der Waals surface area contributed by atoms with Crippen LogP contribution in [0.2, 0.25) is 5.02 Å². The van der Waals surface area contributed by atoms with Crippen molar-refractivity contribution in [3.8, 4) is 0 Å². The van der Waals surface area contributed by atoms with Crippen molar-refractivity contribution in [2.24, 2.45) is 0 Å². The summed E-state index contributed by atoms with van der Waals surface area (Å²) < 4.78 is 0. The van der Waals surface area contributed by atoms with Crippen LogP contribution in [0.4, 0.5) is 0 Å². The van der Waals surface area contributed by atoms with Crippen LogP contribution < -0.4 is 0 Å². The van der Waals surface area contributed by atoms with E-state index >= 15 is 0 Å². The summed E-state index contributed by atoms with van der Waals surface area (Å²) in [4.78, 5) is 17.6. The Labute approximate surface area is 125 Å². The molecule has 5 nitrogen and oxygen atoms in total. The molecule has 0 aliphatic carbocycles. The van der Waals surface area contributed by atoms with E-state index in [-0.39, 0.29) is 5.91 Å². The van der Waals surface area contributed by atoms with Crippen LogP contribution in [-0.2, 0) is 13.0 Å². The van der Waals surface area contributed by atoms with Gasteiger partial charge in [-0.1, -0.05) is 23.7 Å². The summed E-state index contributed by atoms with van der Waals surface area (Å²) >= 11 is 6.14. The van der Waals surface area contributed by atoms with Gasteiger partial charge in [0, 0.05) is 36.2 Å². The van der Waals surface area contributed by atoms with E-state index in [1.807, 2.05) is 29.2 Å². The van der Waals surface area contributed by atoms with Crippen LogP contribution in [0.25, 0.3) is 10.9 Å². The van der Waals surface area contributed by atoms with E-state index in [1.165, 1.54) is 0 Å². The first-order chi connectivity index (χ1) is 10.2. The number of rotatable bonds is 1. The third kappa shape index (κ3) is 2.01. The Morgan fingerprint density at radius 1 is 1.38 bits per heavy atom. The molecule has 4 rings (SSSR count). The van der Waals surface area contributed by atoms with Crippen molar-refractivity contribution in [2.45, 2.75) is 13.0 Å². The molecule has 21 heavy (non-hydrogen) atoms. The molecule has 2 aromatic heterocycles. The number of hydrogen-bond donors (Lipinski definition) is 2. The van der Waals surface area contributed by atoms with E-state index in [2.05, 4.69) is 15.2 Å². The zero-order chi connectivity index (χ0) is 14.4. The summed E-state index contributed by atoms with van der Waals surface area (Å²) in [6, 6.07) is 7.49. The Morgan fingerprint density at radius 2 is 2.29 bits per heavy atom. The SMILES string of the molecule is O=C(c1cc2cccc(Cl)c2[nH]1)N1CCc2[nH]ncc2C1. The summed E-state index contributed by atoms with van der Waals surface area (Å²) in [6.45, 7) is 1.28. The van der Waals surface area contributed by atoms with E-state index in [9.17, 15) is 4.79 Å². The second-order valence-electron chi connectivity index (χ2n) is 5.24. The van der Waals surface area contributed by atoms with Crippen molar-refractivity contribution in [1.29, 1.82) is 0 Å². The number of halogens is 1. The number of benzene rings is 1. The standard InChI is InChI=1S/C15H13ClN4O/c16-11-3-1-2-9-6-13(18-14(9)11)15(21)20-5-4-12-10(8-20)7-17-19-12/h1-3,6-7,18H,4-5,8H2,(H,17,19). The molecule has 0 saturated heterocycles. The smallest absolute Gasteiger partial charge is 0.270 e. The average Bonchev–Trinajstić information content (AvgIpc) is 3.12. The average molecular weight is 301 g/mol. The zero-order valence-electron chi connectivity index (χ0n) is 11.2. The minimum atomic E-state index is -0.00545. The number of carbonyl (C=O) groups is 1. The molecule has 0 saturated carbocycles.